The zero-order chi connectivity index (χ0) is 16.8. The molecule has 0 radical (unpaired) electrons. The number of methoxy groups -OCH3 is 1. The maximum atomic E-state index is 11.7. The van der Waals surface area contributed by atoms with Gasteiger partial charge in [-0.3, -0.25) is 0 Å². The van der Waals surface area contributed by atoms with Crippen LogP contribution in [-0.2, 0) is 4.74 Å². The zero-order valence-electron chi connectivity index (χ0n) is 12.1. The van der Waals surface area contributed by atoms with E-state index < -0.39 is 5.97 Å². The predicted molar refractivity (Wildman–Crippen MR) is 87.2 cm³/mol. The second-order valence-corrected chi connectivity index (χ2v) is 5.28. The van der Waals surface area contributed by atoms with Gasteiger partial charge in [-0.25, -0.2) is 9.78 Å². The van der Waals surface area contributed by atoms with E-state index in [-0.39, 0.29) is 12.3 Å². The number of rotatable bonds is 6. The summed E-state index contributed by atoms with van der Waals surface area (Å²) >= 11 is 12.2. The highest BCUT2D eigenvalue weighted by Gasteiger charge is 2.16. The highest BCUT2D eigenvalue weighted by atomic mass is 35.5. The van der Waals surface area contributed by atoms with Crippen molar-refractivity contribution in [3.63, 3.8) is 0 Å². The first-order chi connectivity index (χ1) is 11.1. The lowest BCUT2D eigenvalue weighted by atomic mass is 10.1. The quantitative estimate of drug-likeness (QED) is 0.252. The average Bonchev–Trinajstić information content (AvgIpc) is 2.52. The number of hydrogen-bond acceptors (Lipinski definition) is 5. The van der Waals surface area contributed by atoms with E-state index >= 15 is 0 Å². The van der Waals surface area contributed by atoms with Gasteiger partial charge in [-0.2, -0.15) is 0 Å². The van der Waals surface area contributed by atoms with Crippen molar-refractivity contribution in [2.45, 2.75) is 6.42 Å². The number of fused-ring (bicyclic) bond motifs is 1. The third-order valence-electron chi connectivity index (χ3n) is 2.91. The van der Waals surface area contributed by atoms with E-state index in [2.05, 4.69) is 19.7 Å². The third kappa shape index (κ3) is 4.16. The van der Waals surface area contributed by atoms with Gasteiger partial charge in [0, 0.05) is 22.5 Å². The van der Waals surface area contributed by atoms with Crippen LogP contribution in [0.5, 0.6) is 5.75 Å². The zero-order valence-corrected chi connectivity index (χ0v) is 13.6. The number of halogens is 2. The number of aromatic nitrogens is 1. The fraction of sp³-hybridized carbons (Fsp3) is 0.286. The minimum absolute atomic E-state index is 0.0865. The number of nitrogens with zero attached hydrogens (tertiary/aromatic N) is 4. The van der Waals surface area contributed by atoms with Gasteiger partial charge in [0.2, 0.25) is 0 Å². The molecule has 0 bridgehead atoms. The molecule has 1 heterocycles. The fourth-order valence-corrected chi connectivity index (χ4v) is 2.51. The Morgan fingerprint density at radius 2 is 2.17 bits per heavy atom. The Labute approximate surface area is 141 Å². The molecule has 0 unspecified atom stereocenters. The van der Waals surface area contributed by atoms with Crippen LogP contribution in [-0.4, -0.2) is 31.2 Å². The van der Waals surface area contributed by atoms with Gasteiger partial charge in [-0.15, -0.1) is 0 Å². The average molecular weight is 355 g/mol. The topological polar surface area (TPSA) is 97.2 Å². The van der Waals surface area contributed by atoms with Gasteiger partial charge in [0.25, 0.3) is 0 Å². The van der Waals surface area contributed by atoms with Crippen molar-refractivity contribution in [1.82, 2.24) is 4.98 Å². The molecule has 2 rings (SSSR count). The Kier molecular flexibility index (Phi) is 5.87. The minimum atomic E-state index is -0.595. The van der Waals surface area contributed by atoms with E-state index in [4.69, 9.17) is 33.5 Å². The number of hydrogen-bond donors (Lipinski definition) is 0. The lowest BCUT2D eigenvalue weighted by Gasteiger charge is -2.12. The van der Waals surface area contributed by atoms with Crippen molar-refractivity contribution < 1.29 is 14.3 Å². The summed E-state index contributed by atoms with van der Waals surface area (Å²) in [5.74, 6) is -0.208. The Balaban J connectivity index is 2.42. The van der Waals surface area contributed by atoms with Crippen LogP contribution in [0, 0.1) is 0 Å². The van der Waals surface area contributed by atoms with E-state index in [1.54, 1.807) is 12.1 Å². The molecule has 0 N–H and O–H groups in total. The van der Waals surface area contributed by atoms with E-state index in [1.807, 2.05) is 0 Å². The van der Waals surface area contributed by atoms with Crippen molar-refractivity contribution >= 4 is 40.1 Å². The largest absolute Gasteiger partial charge is 0.493 e. The first-order valence-corrected chi connectivity index (χ1v) is 7.34. The lowest BCUT2D eigenvalue weighted by Crippen LogP contribution is -2.07. The molecule has 0 saturated carbocycles. The first kappa shape index (κ1) is 17.1. The maximum Gasteiger partial charge on any atom is 0.356 e. The van der Waals surface area contributed by atoms with Gasteiger partial charge in [0.05, 0.1) is 29.6 Å². The summed E-state index contributed by atoms with van der Waals surface area (Å²) in [4.78, 5) is 18.6. The lowest BCUT2D eigenvalue weighted by molar-refractivity contribution is 0.0594. The first-order valence-electron chi connectivity index (χ1n) is 6.58. The van der Waals surface area contributed by atoms with Crippen LogP contribution in [0.1, 0.15) is 16.9 Å². The molecule has 0 aliphatic carbocycles. The van der Waals surface area contributed by atoms with Crippen molar-refractivity contribution in [2.24, 2.45) is 5.11 Å². The summed E-state index contributed by atoms with van der Waals surface area (Å²) in [7, 11) is 1.26. The van der Waals surface area contributed by atoms with E-state index in [0.717, 1.165) is 0 Å². The summed E-state index contributed by atoms with van der Waals surface area (Å²) in [5.41, 5.74) is 8.75. The van der Waals surface area contributed by atoms with E-state index in [0.29, 0.717) is 39.7 Å². The Morgan fingerprint density at radius 3 is 2.87 bits per heavy atom. The summed E-state index contributed by atoms with van der Waals surface area (Å²) in [6, 6.07) is 4.61. The van der Waals surface area contributed by atoms with E-state index in [1.165, 1.54) is 13.2 Å². The molecule has 0 aliphatic rings. The molecule has 0 fully saturated rings. The molecule has 2 aromatic rings. The fourth-order valence-electron chi connectivity index (χ4n) is 1.94. The van der Waals surface area contributed by atoms with Crippen molar-refractivity contribution in [3.05, 3.63) is 44.4 Å². The predicted octanol–water partition coefficient (Wildman–Crippen LogP) is 4.41. The molecule has 0 spiro atoms. The molecule has 1 aromatic heterocycles. The Hall–Kier alpha value is -2.21. The summed E-state index contributed by atoms with van der Waals surface area (Å²) < 4.78 is 10.3. The molecule has 23 heavy (non-hydrogen) atoms. The molecule has 0 aliphatic heterocycles. The van der Waals surface area contributed by atoms with Crippen LogP contribution in [0.2, 0.25) is 10.0 Å². The number of ether oxygens (including phenoxy) is 2. The number of esters is 1. The van der Waals surface area contributed by atoms with Crippen LogP contribution >= 0.6 is 23.2 Å². The monoisotopic (exact) mass is 354 g/mol. The van der Waals surface area contributed by atoms with E-state index in [9.17, 15) is 4.79 Å². The molecule has 1 aromatic carbocycles. The molecular weight excluding hydrogens is 343 g/mol. The standard InChI is InChI=1S/C14H12Cl2N4O3/c1-22-14(21)11-7-12(23-4-2-3-18-20-17)13-9(16)5-8(15)6-10(13)19-11/h5-7H,2-4H2,1H3. The van der Waals surface area contributed by atoms with Gasteiger partial charge in [-0.05, 0) is 24.1 Å². The van der Waals surface area contributed by atoms with Crippen LogP contribution in [0.4, 0.5) is 0 Å². The number of pyridine rings is 1. The number of carbonyl (C=O) groups is 1. The Morgan fingerprint density at radius 1 is 1.39 bits per heavy atom. The highest BCUT2D eigenvalue weighted by Crippen LogP contribution is 2.34. The minimum Gasteiger partial charge on any atom is -0.493 e. The van der Waals surface area contributed by atoms with Gasteiger partial charge in [0.15, 0.2) is 5.69 Å². The van der Waals surface area contributed by atoms with Gasteiger partial charge >= 0.3 is 5.97 Å². The smallest absolute Gasteiger partial charge is 0.356 e. The maximum absolute atomic E-state index is 11.7. The second-order valence-electron chi connectivity index (χ2n) is 4.44. The van der Waals surface area contributed by atoms with Gasteiger partial charge in [0.1, 0.15) is 5.75 Å². The highest BCUT2D eigenvalue weighted by molar-refractivity contribution is 6.39. The molecule has 9 heteroatoms. The molecule has 0 saturated heterocycles. The number of azide groups is 1. The molecule has 120 valence electrons. The van der Waals surface area contributed by atoms with Gasteiger partial charge in [-0.1, -0.05) is 28.3 Å². The van der Waals surface area contributed by atoms with Crippen LogP contribution < -0.4 is 4.74 Å². The number of benzene rings is 1. The third-order valence-corrected chi connectivity index (χ3v) is 3.42. The summed E-state index contributed by atoms with van der Waals surface area (Å²) in [6.45, 7) is 0.598. The SMILES string of the molecule is COC(=O)c1cc(OCCCN=[N+]=[N-])c2c(Cl)cc(Cl)cc2n1. The molecule has 7 nitrogen and oxygen atoms in total. The van der Waals surface area contributed by atoms with Crippen LogP contribution in [0.3, 0.4) is 0 Å². The second kappa shape index (κ2) is 7.87. The van der Waals surface area contributed by atoms with Crippen LogP contribution in [0.25, 0.3) is 21.3 Å². The Bertz CT molecular complexity index is 791. The van der Waals surface area contributed by atoms with Crippen molar-refractivity contribution in [2.75, 3.05) is 20.3 Å². The molecular formula is C14H12Cl2N4O3. The van der Waals surface area contributed by atoms with Crippen molar-refractivity contribution in [1.29, 1.82) is 0 Å². The molecule has 0 atom stereocenters. The number of carbonyl (C=O) groups excluding carboxylic acids is 1. The normalized spacial score (nSPS) is 10.2. The molecule has 0 amide bonds. The van der Waals surface area contributed by atoms with Crippen LogP contribution in [0.15, 0.2) is 23.3 Å². The summed E-state index contributed by atoms with van der Waals surface area (Å²) in [5, 5.41) is 4.73. The van der Waals surface area contributed by atoms with Gasteiger partial charge < -0.3 is 9.47 Å². The summed E-state index contributed by atoms with van der Waals surface area (Å²) in [6.07, 6.45) is 0.520. The van der Waals surface area contributed by atoms with Crippen molar-refractivity contribution in [3.8, 4) is 5.75 Å².